The Balaban J connectivity index is 2.49. The van der Waals surface area contributed by atoms with Crippen molar-refractivity contribution in [3.63, 3.8) is 0 Å². The Morgan fingerprint density at radius 1 is 1.44 bits per heavy atom. The summed E-state index contributed by atoms with van der Waals surface area (Å²) in [7, 11) is 1.59. The van der Waals surface area contributed by atoms with E-state index in [-0.39, 0.29) is 6.04 Å². The van der Waals surface area contributed by atoms with Crippen LogP contribution >= 0.6 is 0 Å². The molecule has 0 saturated heterocycles. The molecule has 5 nitrogen and oxygen atoms in total. The highest BCUT2D eigenvalue weighted by Gasteiger charge is 2.07. The molecule has 0 bridgehead atoms. The van der Waals surface area contributed by atoms with Gasteiger partial charge in [-0.15, -0.1) is 0 Å². The molecule has 1 atom stereocenters. The topological polar surface area (TPSA) is 73.1 Å². The van der Waals surface area contributed by atoms with E-state index in [0.717, 1.165) is 12.8 Å². The van der Waals surface area contributed by atoms with Crippen molar-refractivity contribution in [2.45, 2.75) is 32.2 Å². The number of nitrogens with two attached hydrogens (primary N) is 1. The van der Waals surface area contributed by atoms with Gasteiger partial charge in [0.05, 0.1) is 19.5 Å². The van der Waals surface area contributed by atoms with E-state index < -0.39 is 0 Å². The predicted molar refractivity (Wildman–Crippen MR) is 64.6 cm³/mol. The Bertz CT molecular complexity index is 289. The van der Waals surface area contributed by atoms with Gasteiger partial charge < -0.3 is 15.8 Å². The first-order valence-electron chi connectivity index (χ1n) is 5.62. The second-order valence-electron chi connectivity index (χ2n) is 3.67. The molecule has 0 amide bonds. The summed E-state index contributed by atoms with van der Waals surface area (Å²) in [5.74, 6) is 1.26. The predicted octanol–water partition coefficient (Wildman–Crippen LogP) is 1.41. The van der Waals surface area contributed by atoms with Crippen molar-refractivity contribution in [3.8, 4) is 5.75 Å². The lowest BCUT2D eigenvalue weighted by molar-refractivity contribution is 0.411. The average Bonchev–Trinajstić information content (AvgIpc) is 2.35. The van der Waals surface area contributed by atoms with Crippen LogP contribution in [0.15, 0.2) is 12.4 Å². The van der Waals surface area contributed by atoms with Gasteiger partial charge in [0.25, 0.3) is 0 Å². The Morgan fingerprint density at radius 2 is 2.12 bits per heavy atom. The molecule has 0 aromatic carbocycles. The fourth-order valence-corrected chi connectivity index (χ4v) is 1.38. The highest BCUT2D eigenvalue weighted by molar-refractivity contribution is 5.28. The molecule has 0 radical (unpaired) electrons. The van der Waals surface area contributed by atoms with E-state index in [1.54, 1.807) is 19.5 Å². The lowest BCUT2D eigenvalue weighted by Gasteiger charge is -2.16. The third kappa shape index (κ3) is 4.02. The number of nitrogens with one attached hydrogen (secondary N) is 1. The molecule has 1 rings (SSSR count). The standard InChI is InChI=1S/C11H20N4O/c1-3-4-5-9(6-12)15-11-13-7-10(16-2)8-14-11/h7-9H,3-6,12H2,1-2H3,(H,13,14,15). The van der Waals surface area contributed by atoms with Crippen molar-refractivity contribution in [2.24, 2.45) is 5.73 Å². The van der Waals surface area contributed by atoms with Crippen LogP contribution < -0.4 is 15.8 Å². The monoisotopic (exact) mass is 224 g/mol. The minimum Gasteiger partial charge on any atom is -0.494 e. The summed E-state index contributed by atoms with van der Waals surface area (Å²) in [6, 6.07) is 0.244. The summed E-state index contributed by atoms with van der Waals surface area (Å²) in [5, 5.41) is 3.21. The fourth-order valence-electron chi connectivity index (χ4n) is 1.38. The maximum atomic E-state index is 5.67. The third-order valence-corrected chi connectivity index (χ3v) is 2.39. The second-order valence-corrected chi connectivity index (χ2v) is 3.67. The summed E-state index contributed by atoms with van der Waals surface area (Å²) >= 11 is 0. The van der Waals surface area contributed by atoms with Crippen molar-refractivity contribution in [1.29, 1.82) is 0 Å². The lowest BCUT2D eigenvalue weighted by Crippen LogP contribution is -2.29. The van der Waals surface area contributed by atoms with E-state index >= 15 is 0 Å². The largest absolute Gasteiger partial charge is 0.494 e. The fraction of sp³-hybridized carbons (Fsp3) is 0.636. The molecule has 0 aliphatic rings. The first-order valence-corrected chi connectivity index (χ1v) is 5.62. The molecule has 0 fully saturated rings. The number of nitrogens with zero attached hydrogens (tertiary/aromatic N) is 2. The van der Waals surface area contributed by atoms with E-state index in [4.69, 9.17) is 10.5 Å². The van der Waals surface area contributed by atoms with E-state index in [1.807, 2.05) is 0 Å². The minimum atomic E-state index is 0.244. The van der Waals surface area contributed by atoms with Crippen LogP contribution in [-0.2, 0) is 0 Å². The Morgan fingerprint density at radius 3 is 2.62 bits per heavy atom. The average molecular weight is 224 g/mol. The van der Waals surface area contributed by atoms with Crippen molar-refractivity contribution < 1.29 is 4.74 Å². The highest BCUT2D eigenvalue weighted by Crippen LogP contribution is 2.09. The van der Waals surface area contributed by atoms with Crippen molar-refractivity contribution in [3.05, 3.63) is 12.4 Å². The van der Waals surface area contributed by atoms with Gasteiger partial charge in [0.1, 0.15) is 0 Å². The molecule has 1 aromatic heterocycles. The quantitative estimate of drug-likeness (QED) is 0.732. The lowest BCUT2D eigenvalue weighted by atomic mass is 10.1. The van der Waals surface area contributed by atoms with Gasteiger partial charge >= 0.3 is 0 Å². The van der Waals surface area contributed by atoms with Gasteiger partial charge in [0.15, 0.2) is 5.75 Å². The van der Waals surface area contributed by atoms with Crippen LogP contribution in [0.5, 0.6) is 5.75 Å². The van der Waals surface area contributed by atoms with Crippen LogP contribution in [0.25, 0.3) is 0 Å². The molecule has 3 N–H and O–H groups in total. The summed E-state index contributed by atoms with van der Waals surface area (Å²) in [6.45, 7) is 2.76. The van der Waals surface area contributed by atoms with Crippen LogP contribution in [0.3, 0.4) is 0 Å². The summed E-state index contributed by atoms with van der Waals surface area (Å²) in [4.78, 5) is 8.29. The van der Waals surface area contributed by atoms with Crippen LogP contribution in [0.1, 0.15) is 26.2 Å². The van der Waals surface area contributed by atoms with Crippen molar-refractivity contribution >= 4 is 5.95 Å². The normalized spacial score (nSPS) is 12.2. The Hall–Kier alpha value is -1.36. The van der Waals surface area contributed by atoms with Gasteiger partial charge in [-0.3, -0.25) is 0 Å². The molecule has 0 aliphatic carbocycles. The summed E-state index contributed by atoms with van der Waals surface area (Å²) in [6.07, 6.45) is 6.65. The molecule has 0 saturated carbocycles. The number of ether oxygens (including phenoxy) is 1. The van der Waals surface area contributed by atoms with E-state index in [9.17, 15) is 0 Å². The molecule has 90 valence electrons. The molecule has 1 heterocycles. The zero-order valence-corrected chi connectivity index (χ0v) is 9.94. The molecule has 16 heavy (non-hydrogen) atoms. The van der Waals surface area contributed by atoms with Crippen LogP contribution in [0.4, 0.5) is 5.95 Å². The van der Waals surface area contributed by atoms with Gasteiger partial charge in [0.2, 0.25) is 5.95 Å². The number of anilines is 1. The van der Waals surface area contributed by atoms with E-state index in [2.05, 4.69) is 22.2 Å². The maximum Gasteiger partial charge on any atom is 0.223 e. The number of hydrogen-bond donors (Lipinski definition) is 2. The van der Waals surface area contributed by atoms with Gasteiger partial charge in [0, 0.05) is 12.6 Å². The Kier molecular flexibility index (Phi) is 5.56. The van der Waals surface area contributed by atoms with E-state index in [0.29, 0.717) is 18.2 Å². The molecular formula is C11H20N4O. The number of aromatic nitrogens is 2. The minimum absolute atomic E-state index is 0.244. The molecule has 1 aromatic rings. The van der Waals surface area contributed by atoms with Gasteiger partial charge in [-0.1, -0.05) is 19.8 Å². The molecular weight excluding hydrogens is 204 g/mol. The zero-order valence-electron chi connectivity index (χ0n) is 9.94. The first kappa shape index (κ1) is 12.7. The van der Waals surface area contributed by atoms with Crippen molar-refractivity contribution in [1.82, 2.24) is 9.97 Å². The number of hydrogen-bond acceptors (Lipinski definition) is 5. The third-order valence-electron chi connectivity index (χ3n) is 2.39. The molecule has 0 spiro atoms. The summed E-state index contributed by atoms with van der Waals surface area (Å²) in [5.41, 5.74) is 5.67. The highest BCUT2D eigenvalue weighted by atomic mass is 16.5. The maximum absolute atomic E-state index is 5.67. The Labute approximate surface area is 96.4 Å². The molecule has 0 aliphatic heterocycles. The number of methoxy groups -OCH3 is 1. The zero-order chi connectivity index (χ0) is 11.8. The molecule has 5 heteroatoms. The summed E-state index contributed by atoms with van der Waals surface area (Å²) < 4.78 is 4.99. The smallest absolute Gasteiger partial charge is 0.223 e. The van der Waals surface area contributed by atoms with Gasteiger partial charge in [-0.05, 0) is 6.42 Å². The van der Waals surface area contributed by atoms with Crippen LogP contribution in [-0.4, -0.2) is 29.7 Å². The van der Waals surface area contributed by atoms with Gasteiger partial charge in [-0.2, -0.15) is 0 Å². The van der Waals surface area contributed by atoms with Crippen LogP contribution in [0.2, 0.25) is 0 Å². The van der Waals surface area contributed by atoms with Gasteiger partial charge in [-0.25, -0.2) is 9.97 Å². The SMILES string of the molecule is CCCCC(CN)Nc1ncc(OC)cn1. The molecule has 1 unspecified atom stereocenters. The number of unbranched alkanes of at least 4 members (excludes halogenated alkanes) is 1. The number of rotatable bonds is 7. The first-order chi connectivity index (χ1) is 7.80. The van der Waals surface area contributed by atoms with Crippen molar-refractivity contribution in [2.75, 3.05) is 19.0 Å². The van der Waals surface area contributed by atoms with E-state index in [1.165, 1.54) is 6.42 Å². The second kappa shape index (κ2) is 7.00. The van der Waals surface area contributed by atoms with Crippen LogP contribution in [0, 0.1) is 0 Å².